The molecule has 9 nitrogen and oxygen atoms in total. The van der Waals surface area contributed by atoms with Gasteiger partial charge in [-0.3, -0.25) is 14.4 Å². The van der Waals surface area contributed by atoms with Crippen molar-refractivity contribution in [2.24, 2.45) is 10.9 Å². The fourth-order valence-electron chi connectivity index (χ4n) is 4.57. The van der Waals surface area contributed by atoms with Gasteiger partial charge in [0.1, 0.15) is 11.6 Å². The summed E-state index contributed by atoms with van der Waals surface area (Å²) in [6, 6.07) is 10.5. The van der Waals surface area contributed by atoms with Crippen molar-refractivity contribution in [2.75, 3.05) is 38.3 Å². The van der Waals surface area contributed by atoms with Crippen molar-refractivity contribution in [3.63, 3.8) is 0 Å². The number of sulfonamides is 1. The number of nitrogens with zero attached hydrogens (tertiary/aromatic N) is 2. The SMILES string of the molecule is CCOc1cc(NS(C)(=O)=O)ccc1C(=O)N1CC(c2ccc(OC)c(OC)c2)C2CC=CN=C21. The van der Waals surface area contributed by atoms with E-state index in [0.717, 1.165) is 18.2 Å². The summed E-state index contributed by atoms with van der Waals surface area (Å²) in [5.41, 5.74) is 1.70. The standard InChI is InChI=1S/C25H29N3O6S/c1-5-34-22-14-17(27-35(4,30)31)9-10-19(22)25(29)28-15-20(18-7-6-12-26-24(18)28)16-8-11-21(32-2)23(13-16)33-3/h6,8-14,18,20,27H,5,7,15H2,1-4H3. The second kappa shape index (κ2) is 9.99. The molecule has 2 aromatic rings. The van der Waals surface area contributed by atoms with Gasteiger partial charge in [0.25, 0.3) is 5.91 Å². The summed E-state index contributed by atoms with van der Waals surface area (Å²) in [6.07, 6.45) is 5.57. The normalized spacial score (nSPS) is 19.1. The Morgan fingerprint density at radius 2 is 1.86 bits per heavy atom. The molecule has 0 aliphatic carbocycles. The van der Waals surface area contributed by atoms with E-state index >= 15 is 0 Å². The first-order valence-corrected chi connectivity index (χ1v) is 13.2. The molecule has 35 heavy (non-hydrogen) atoms. The minimum Gasteiger partial charge on any atom is -0.493 e. The molecule has 2 atom stereocenters. The average molecular weight is 500 g/mol. The van der Waals surface area contributed by atoms with Crippen molar-refractivity contribution >= 4 is 27.5 Å². The van der Waals surface area contributed by atoms with Gasteiger partial charge in [0.15, 0.2) is 11.5 Å². The number of hydrogen-bond donors (Lipinski definition) is 1. The molecule has 0 saturated carbocycles. The summed E-state index contributed by atoms with van der Waals surface area (Å²) >= 11 is 0. The van der Waals surface area contributed by atoms with E-state index in [9.17, 15) is 13.2 Å². The Balaban J connectivity index is 1.69. The predicted molar refractivity (Wildman–Crippen MR) is 134 cm³/mol. The Kier molecular flexibility index (Phi) is 7.02. The second-order valence-electron chi connectivity index (χ2n) is 8.37. The lowest BCUT2D eigenvalue weighted by molar-refractivity contribution is 0.0850. The summed E-state index contributed by atoms with van der Waals surface area (Å²) in [5.74, 6) is 2.09. The van der Waals surface area contributed by atoms with Gasteiger partial charge in [0, 0.05) is 30.6 Å². The number of amides is 1. The number of aliphatic imine (C=N–C) groups is 1. The molecular formula is C25H29N3O6S. The van der Waals surface area contributed by atoms with Crippen LogP contribution in [-0.4, -0.2) is 58.7 Å². The van der Waals surface area contributed by atoms with E-state index in [1.165, 1.54) is 6.07 Å². The van der Waals surface area contributed by atoms with Crippen LogP contribution in [0.4, 0.5) is 5.69 Å². The number of likely N-dealkylation sites (tertiary alicyclic amines) is 1. The first-order chi connectivity index (χ1) is 16.8. The van der Waals surface area contributed by atoms with Crippen LogP contribution in [0.15, 0.2) is 53.7 Å². The van der Waals surface area contributed by atoms with Gasteiger partial charge < -0.3 is 14.2 Å². The van der Waals surface area contributed by atoms with Gasteiger partial charge in [0.2, 0.25) is 10.0 Å². The zero-order valence-electron chi connectivity index (χ0n) is 20.1. The molecule has 1 saturated heterocycles. The van der Waals surface area contributed by atoms with E-state index in [0.29, 0.717) is 47.5 Å². The van der Waals surface area contributed by atoms with Gasteiger partial charge in [-0.05, 0) is 43.2 Å². The summed E-state index contributed by atoms with van der Waals surface area (Å²) in [5, 5.41) is 0. The lowest BCUT2D eigenvalue weighted by Crippen LogP contribution is -2.34. The summed E-state index contributed by atoms with van der Waals surface area (Å²) in [4.78, 5) is 20.0. The smallest absolute Gasteiger partial charge is 0.262 e. The van der Waals surface area contributed by atoms with E-state index in [-0.39, 0.29) is 17.7 Å². The number of fused-ring (bicyclic) bond motifs is 1. The van der Waals surface area contributed by atoms with Gasteiger partial charge in [-0.25, -0.2) is 13.4 Å². The Hall–Kier alpha value is -3.53. The van der Waals surface area contributed by atoms with Crippen LogP contribution in [0.25, 0.3) is 0 Å². The van der Waals surface area contributed by atoms with Crippen LogP contribution in [0.2, 0.25) is 0 Å². The molecule has 1 amide bonds. The third-order valence-electron chi connectivity index (χ3n) is 6.07. The number of nitrogens with one attached hydrogen (secondary N) is 1. The fourth-order valence-corrected chi connectivity index (χ4v) is 5.13. The molecule has 0 bridgehead atoms. The minimum atomic E-state index is -3.47. The van der Waals surface area contributed by atoms with Gasteiger partial charge >= 0.3 is 0 Å². The molecule has 0 radical (unpaired) electrons. The Morgan fingerprint density at radius 3 is 2.54 bits per heavy atom. The van der Waals surface area contributed by atoms with E-state index in [1.54, 1.807) is 44.4 Å². The van der Waals surface area contributed by atoms with Crippen molar-refractivity contribution < 1.29 is 27.4 Å². The number of anilines is 1. The topological polar surface area (TPSA) is 107 Å². The largest absolute Gasteiger partial charge is 0.493 e. The van der Waals surface area contributed by atoms with E-state index < -0.39 is 10.0 Å². The lowest BCUT2D eigenvalue weighted by Gasteiger charge is -2.22. The number of methoxy groups -OCH3 is 2. The highest BCUT2D eigenvalue weighted by molar-refractivity contribution is 7.92. The van der Waals surface area contributed by atoms with Gasteiger partial charge in [-0.2, -0.15) is 0 Å². The van der Waals surface area contributed by atoms with E-state index in [1.807, 2.05) is 24.3 Å². The first kappa shape index (κ1) is 24.6. The molecule has 1 fully saturated rings. The Labute approximate surface area is 205 Å². The number of carbonyl (C=O) groups is 1. The monoisotopic (exact) mass is 499 g/mol. The lowest BCUT2D eigenvalue weighted by atomic mass is 9.85. The van der Waals surface area contributed by atoms with Gasteiger partial charge in [-0.15, -0.1) is 0 Å². The molecule has 2 heterocycles. The highest BCUT2D eigenvalue weighted by Gasteiger charge is 2.43. The second-order valence-corrected chi connectivity index (χ2v) is 10.1. The average Bonchev–Trinajstić information content (AvgIpc) is 3.22. The van der Waals surface area contributed by atoms with Crippen LogP contribution in [-0.2, 0) is 10.0 Å². The number of allylic oxidation sites excluding steroid dienone is 1. The molecule has 0 spiro atoms. The molecule has 2 aliphatic heterocycles. The van der Waals surface area contributed by atoms with Gasteiger partial charge in [0.05, 0.1) is 38.3 Å². The first-order valence-electron chi connectivity index (χ1n) is 11.3. The Bertz CT molecular complexity index is 1290. The number of hydrogen-bond acceptors (Lipinski definition) is 7. The Morgan fingerprint density at radius 1 is 1.09 bits per heavy atom. The third-order valence-corrected chi connectivity index (χ3v) is 6.68. The molecule has 186 valence electrons. The molecule has 2 aliphatic rings. The van der Waals surface area contributed by atoms with Crippen LogP contribution < -0.4 is 18.9 Å². The number of benzene rings is 2. The van der Waals surface area contributed by atoms with Crippen molar-refractivity contribution in [1.29, 1.82) is 0 Å². The van der Waals surface area contributed by atoms with Crippen molar-refractivity contribution in [1.82, 2.24) is 4.90 Å². The van der Waals surface area contributed by atoms with Crippen LogP contribution >= 0.6 is 0 Å². The number of ether oxygens (including phenoxy) is 3. The molecule has 2 aromatic carbocycles. The predicted octanol–water partition coefficient (Wildman–Crippen LogP) is 3.65. The number of amidine groups is 1. The molecular weight excluding hydrogens is 470 g/mol. The van der Waals surface area contributed by atoms with Crippen molar-refractivity contribution in [2.45, 2.75) is 19.3 Å². The zero-order chi connectivity index (χ0) is 25.2. The molecule has 4 rings (SSSR count). The minimum absolute atomic E-state index is 0.0178. The fraction of sp³-hybridized carbons (Fsp3) is 0.360. The summed E-state index contributed by atoms with van der Waals surface area (Å²) in [6.45, 7) is 2.57. The third kappa shape index (κ3) is 5.12. The maximum absolute atomic E-state index is 13.8. The number of rotatable bonds is 8. The molecule has 2 unspecified atom stereocenters. The highest BCUT2D eigenvalue weighted by atomic mass is 32.2. The van der Waals surface area contributed by atoms with Gasteiger partial charge in [-0.1, -0.05) is 12.1 Å². The molecule has 0 aromatic heterocycles. The quantitative estimate of drug-likeness (QED) is 0.594. The van der Waals surface area contributed by atoms with Crippen molar-refractivity contribution in [3.05, 3.63) is 59.8 Å². The molecule has 1 N–H and O–H groups in total. The maximum atomic E-state index is 13.8. The van der Waals surface area contributed by atoms with E-state index in [2.05, 4.69) is 9.71 Å². The zero-order valence-corrected chi connectivity index (χ0v) is 21.0. The summed E-state index contributed by atoms with van der Waals surface area (Å²) in [7, 11) is -0.278. The summed E-state index contributed by atoms with van der Waals surface area (Å²) < 4.78 is 42.3. The number of carbonyl (C=O) groups excluding carboxylic acids is 1. The van der Waals surface area contributed by atoms with Crippen LogP contribution in [0.5, 0.6) is 17.2 Å². The van der Waals surface area contributed by atoms with Crippen molar-refractivity contribution in [3.8, 4) is 17.2 Å². The molecule has 10 heteroatoms. The van der Waals surface area contributed by atoms with E-state index in [4.69, 9.17) is 14.2 Å². The van der Waals surface area contributed by atoms with Crippen LogP contribution in [0, 0.1) is 5.92 Å². The maximum Gasteiger partial charge on any atom is 0.262 e. The highest BCUT2D eigenvalue weighted by Crippen LogP contribution is 2.42. The van der Waals surface area contributed by atoms with Crippen LogP contribution in [0.3, 0.4) is 0 Å². The van der Waals surface area contributed by atoms with Crippen LogP contribution in [0.1, 0.15) is 35.2 Å².